The number of esters is 1. The second-order valence-corrected chi connectivity index (χ2v) is 4.32. The van der Waals surface area contributed by atoms with Gasteiger partial charge in [0, 0.05) is 16.1 Å². The molecule has 0 aromatic heterocycles. The standard InChI is InChI=1S/C11H12BrF2NO2.ClH/c1-2-17-10(16)5-9(15)7-3-6(12)4-8(13)11(7)14;/h3-4,9H,2,5,15H2,1H3;1H/t9-;/m0./s1. The zero-order valence-corrected chi connectivity index (χ0v) is 12.0. The van der Waals surface area contributed by atoms with E-state index < -0.39 is 23.6 Å². The molecule has 0 heterocycles. The number of carbonyl (C=O) groups excluding carboxylic acids is 1. The van der Waals surface area contributed by atoms with Gasteiger partial charge in [-0.1, -0.05) is 15.9 Å². The number of halogens is 4. The topological polar surface area (TPSA) is 52.3 Å². The van der Waals surface area contributed by atoms with Crippen LogP contribution in [0.4, 0.5) is 8.78 Å². The lowest BCUT2D eigenvalue weighted by molar-refractivity contribution is -0.143. The highest BCUT2D eigenvalue weighted by Crippen LogP contribution is 2.25. The van der Waals surface area contributed by atoms with Gasteiger partial charge in [-0.05, 0) is 19.1 Å². The largest absolute Gasteiger partial charge is 0.466 e. The number of hydrogen-bond donors (Lipinski definition) is 1. The third kappa shape index (κ3) is 4.51. The third-order valence-electron chi connectivity index (χ3n) is 2.11. The van der Waals surface area contributed by atoms with Crippen molar-refractivity contribution in [3.8, 4) is 0 Å². The summed E-state index contributed by atoms with van der Waals surface area (Å²) in [4.78, 5) is 11.2. The maximum Gasteiger partial charge on any atom is 0.307 e. The number of ether oxygens (including phenoxy) is 1. The Labute approximate surface area is 118 Å². The molecule has 1 aromatic rings. The summed E-state index contributed by atoms with van der Waals surface area (Å²) < 4.78 is 31.6. The summed E-state index contributed by atoms with van der Waals surface area (Å²) in [6.07, 6.45) is -0.194. The molecule has 1 atom stereocenters. The summed E-state index contributed by atoms with van der Waals surface area (Å²) in [5.74, 6) is -2.58. The predicted molar refractivity (Wildman–Crippen MR) is 69.5 cm³/mol. The fourth-order valence-corrected chi connectivity index (χ4v) is 1.80. The summed E-state index contributed by atoms with van der Waals surface area (Å²) in [5.41, 5.74) is 5.59. The summed E-state index contributed by atoms with van der Waals surface area (Å²) >= 11 is 3.03. The Bertz CT molecular complexity index is 432. The zero-order chi connectivity index (χ0) is 13.0. The van der Waals surface area contributed by atoms with Crippen molar-refractivity contribution in [1.82, 2.24) is 0 Å². The molecule has 0 amide bonds. The Morgan fingerprint density at radius 1 is 1.50 bits per heavy atom. The van der Waals surface area contributed by atoms with E-state index in [0.717, 1.165) is 6.07 Å². The lowest BCUT2D eigenvalue weighted by Gasteiger charge is -2.13. The van der Waals surface area contributed by atoms with Crippen molar-refractivity contribution >= 4 is 34.3 Å². The van der Waals surface area contributed by atoms with E-state index in [2.05, 4.69) is 20.7 Å². The van der Waals surface area contributed by atoms with Crippen molar-refractivity contribution in [2.24, 2.45) is 5.73 Å². The zero-order valence-electron chi connectivity index (χ0n) is 9.58. The summed E-state index contributed by atoms with van der Waals surface area (Å²) in [7, 11) is 0. The Hall–Kier alpha value is -0.720. The molecule has 0 aliphatic rings. The van der Waals surface area contributed by atoms with Gasteiger partial charge in [0.2, 0.25) is 0 Å². The molecule has 1 rings (SSSR count). The minimum Gasteiger partial charge on any atom is -0.466 e. The van der Waals surface area contributed by atoms with E-state index in [1.165, 1.54) is 6.07 Å². The van der Waals surface area contributed by atoms with Crippen LogP contribution in [-0.2, 0) is 9.53 Å². The minimum atomic E-state index is -1.04. The second kappa shape index (κ2) is 7.66. The van der Waals surface area contributed by atoms with Gasteiger partial charge in [-0.3, -0.25) is 4.79 Å². The Morgan fingerprint density at radius 2 is 2.11 bits per heavy atom. The first-order chi connectivity index (χ1) is 7.95. The monoisotopic (exact) mass is 343 g/mol. The molecule has 0 radical (unpaired) electrons. The lowest BCUT2D eigenvalue weighted by atomic mass is 10.0. The molecule has 7 heteroatoms. The van der Waals surface area contributed by atoms with Gasteiger partial charge in [-0.2, -0.15) is 0 Å². The minimum absolute atomic E-state index is 0. The van der Waals surface area contributed by atoms with Crippen LogP contribution in [0.2, 0.25) is 0 Å². The molecule has 3 nitrogen and oxygen atoms in total. The molecule has 2 N–H and O–H groups in total. The summed E-state index contributed by atoms with van der Waals surface area (Å²) in [5, 5.41) is 0. The molecule has 0 bridgehead atoms. The predicted octanol–water partition coefficient (Wildman–Crippen LogP) is 3.10. The highest BCUT2D eigenvalue weighted by molar-refractivity contribution is 9.10. The maximum absolute atomic E-state index is 13.4. The molecule has 102 valence electrons. The number of hydrogen-bond acceptors (Lipinski definition) is 3. The molecule has 0 saturated carbocycles. The van der Waals surface area contributed by atoms with E-state index >= 15 is 0 Å². The first-order valence-electron chi connectivity index (χ1n) is 5.01. The molecule has 0 aliphatic heterocycles. The van der Waals surface area contributed by atoms with Gasteiger partial charge in [-0.25, -0.2) is 8.78 Å². The Kier molecular flexibility index (Phi) is 7.35. The van der Waals surface area contributed by atoms with E-state index in [-0.39, 0.29) is 31.0 Å². The lowest BCUT2D eigenvalue weighted by Crippen LogP contribution is -2.19. The average molecular weight is 345 g/mol. The second-order valence-electron chi connectivity index (χ2n) is 3.41. The molecule has 0 aliphatic carbocycles. The summed E-state index contributed by atoms with van der Waals surface area (Å²) in [6, 6.07) is 1.42. The fourth-order valence-electron chi connectivity index (χ4n) is 1.36. The highest BCUT2D eigenvalue weighted by atomic mass is 79.9. The third-order valence-corrected chi connectivity index (χ3v) is 2.57. The van der Waals surface area contributed by atoms with Crippen LogP contribution in [0.3, 0.4) is 0 Å². The van der Waals surface area contributed by atoms with Gasteiger partial charge in [-0.15, -0.1) is 12.4 Å². The van der Waals surface area contributed by atoms with Crippen LogP contribution in [0.25, 0.3) is 0 Å². The van der Waals surface area contributed by atoms with Crippen LogP contribution >= 0.6 is 28.3 Å². The van der Waals surface area contributed by atoms with Gasteiger partial charge in [0.15, 0.2) is 11.6 Å². The van der Waals surface area contributed by atoms with E-state index in [9.17, 15) is 13.6 Å². The van der Waals surface area contributed by atoms with Gasteiger partial charge in [0.25, 0.3) is 0 Å². The molecule has 1 aromatic carbocycles. The summed E-state index contributed by atoms with van der Waals surface area (Å²) in [6.45, 7) is 1.88. The van der Waals surface area contributed by atoms with Crippen molar-refractivity contribution in [3.63, 3.8) is 0 Å². The molecular weight excluding hydrogens is 331 g/mol. The SMILES string of the molecule is CCOC(=O)C[C@H](N)c1cc(Br)cc(F)c1F.Cl. The number of benzene rings is 1. The van der Waals surface area contributed by atoms with E-state index in [1.807, 2.05) is 0 Å². The quantitative estimate of drug-likeness (QED) is 0.674. The van der Waals surface area contributed by atoms with E-state index in [0.29, 0.717) is 4.47 Å². The van der Waals surface area contributed by atoms with Crippen LogP contribution < -0.4 is 5.73 Å². The molecule has 0 unspecified atom stereocenters. The van der Waals surface area contributed by atoms with Gasteiger partial charge in [0.1, 0.15) is 0 Å². The molecular formula is C11H13BrClF2NO2. The normalized spacial score (nSPS) is 11.6. The van der Waals surface area contributed by atoms with E-state index in [4.69, 9.17) is 5.73 Å². The number of nitrogens with two attached hydrogens (primary N) is 1. The first kappa shape index (κ1) is 17.3. The number of carbonyl (C=O) groups is 1. The van der Waals surface area contributed by atoms with Crippen molar-refractivity contribution in [2.45, 2.75) is 19.4 Å². The highest BCUT2D eigenvalue weighted by Gasteiger charge is 2.19. The number of rotatable bonds is 4. The van der Waals surface area contributed by atoms with Crippen molar-refractivity contribution in [3.05, 3.63) is 33.8 Å². The Morgan fingerprint density at radius 3 is 2.67 bits per heavy atom. The van der Waals surface area contributed by atoms with Crippen LogP contribution in [0.1, 0.15) is 24.9 Å². The molecule has 18 heavy (non-hydrogen) atoms. The van der Waals surface area contributed by atoms with Crippen molar-refractivity contribution < 1.29 is 18.3 Å². The average Bonchev–Trinajstić information content (AvgIpc) is 2.23. The van der Waals surface area contributed by atoms with Crippen LogP contribution in [0.15, 0.2) is 16.6 Å². The first-order valence-corrected chi connectivity index (χ1v) is 5.80. The van der Waals surface area contributed by atoms with Crippen molar-refractivity contribution in [2.75, 3.05) is 6.61 Å². The van der Waals surface area contributed by atoms with Gasteiger partial charge < -0.3 is 10.5 Å². The smallest absolute Gasteiger partial charge is 0.307 e. The van der Waals surface area contributed by atoms with Gasteiger partial charge >= 0.3 is 5.97 Å². The maximum atomic E-state index is 13.4. The molecule has 0 saturated heterocycles. The van der Waals surface area contributed by atoms with E-state index in [1.54, 1.807) is 6.92 Å². The van der Waals surface area contributed by atoms with Gasteiger partial charge in [0.05, 0.1) is 13.0 Å². The fraction of sp³-hybridized carbons (Fsp3) is 0.364. The van der Waals surface area contributed by atoms with Crippen LogP contribution in [0.5, 0.6) is 0 Å². The molecule has 0 fully saturated rings. The van der Waals surface area contributed by atoms with Crippen LogP contribution in [0, 0.1) is 11.6 Å². The van der Waals surface area contributed by atoms with Crippen LogP contribution in [-0.4, -0.2) is 12.6 Å². The molecule has 0 spiro atoms. The Balaban J connectivity index is 0.00000289. The van der Waals surface area contributed by atoms with Crippen molar-refractivity contribution in [1.29, 1.82) is 0 Å².